The second kappa shape index (κ2) is 17.4. The van der Waals surface area contributed by atoms with Gasteiger partial charge in [-0.2, -0.15) is 13.2 Å². The van der Waals surface area contributed by atoms with Gasteiger partial charge in [-0.05, 0) is 29.3 Å². The van der Waals surface area contributed by atoms with Crippen molar-refractivity contribution in [1.82, 2.24) is 19.4 Å². The third-order valence-electron chi connectivity index (χ3n) is 9.16. The average Bonchev–Trinajstić information content (AvgIpc) is 3.70. The minimum atomic E-state index is -4.91. The highest BCUT2D eigenvalue weighted by atomic mass is 28.4. The topological polar surface area (TPSA) is 100 Å². The monoisotopic (exact) mass is 763 g/mol. The molecular formula is C40H48F3N5O5Si. The molecule has 1 aliphatic rings. The second-order valence-electron chi connectivity index (χ2n) is 14.3. The lowest BCUT2D eigenvalue weighted by molar-refractivity contribution is -0.172. The lowest BCUT2D eigenvalue weighted by Crippen LogP contribution is -2.67. The summed E-state index contributed by atoms with van der Waals surface area (Å²) in [6.07, 6.45) is -2.88. The second-order valence-corrected chi connectivity index (χ2v) is 18.6. The van der Waals surface area contributed by atoms with Crippen LogP contribution >= 0.6 is 0 Å². The van der Waals surface area contributed by atoms with Crippen molar-refractivity contribution in [2.24, 2.45) is 4.99 Å². The molecule has 2 aromatic heterocycles. The van der Waals surface area contributed by atoms with Gasteiger partial charge in [0.05, 0.1) is 30.0 Å². The quantitative estimate of drug-likeness (QED) is 0.0469. The summed E-state index contributed by atoms with van der Waals surface area (Å²) in [6.45, 7) is 11.1. The van der Waals surface area contributed by atoms with Crippen molar-refractivity contribution in [2.45, 2.75) is 89.8 Å². The summed E-state index contributed by atoms with van der Waals surface area (Å²) in [7, 11) is 0.697. The third-order valence-corrected chi connectivity index (χ3v) is 14.2. The zero-order valence-corrected chi connectivity index (χ0v) is 32.8. The summed E-state index contributed by atoms with van der Waals surface area (Å²) in [5.74, 6) is 4.19. The van der Waals surface area contributed by atoms with Gasteiger partial charge in [-0.25, -0.2) is 15.0 Å². The van der Waals surface area contributed by atoms with Gasteiger partial charge in [-0.1, -0.05) is 93.3 Å². The van der Waals surface area contributed by atoms with Crippen LogP contribution in [-0.4, -0.2) is 91.9 Å². The van der Waals surface area contributed by atoms with E-state index in [2.05, 4.69) is 71.8 Å². The van der Waals surface area contributed by atoms with Crippen LogP contribution in [0.5, 0.6) is 0 Å². The van der Waals surface area contributed by atoms with Crippen LogP contribution in [0.1, 0.15) is 65.7 Å². The number of fused-ring (bicyclic) bond motifs is 1. The van der Waals surface area contributed by atoms with Crippen LogP contribution in [0, 0.1) is 11.8 Å². The van der Waals surface area contributed by atoms with Gasteiger partial charge in [0, 0.05) is 46.2 Å². The fourth-order valence-corrected chi connectivity index (χ4v) is 11.3. The molecule has 288 valence electrons. The molecule has 0 bridgehead atoms. The third kappa shape index (κ3) is 9.27. The number of nitrogens with zero attached hydrogens (tertiary/aromatic N) is 5. The molecule has 1 fully saturated rings. The summed E-state index contributed by atoms with van der Waals surface area (Å²) < 4.78 is 66.8. The summed E-state index contributed by atoms with van der Waals surface area (Å²) in [5.41, 5.74) is 0.911. The zero-order chi connectivity index (χ0) is 39.1. The Bertz CT molecular complexity index is 1920. The van der Waals surface area contributed by atoms with Crippen LogP contribution in [0.3, 0.4) is 0 Å². The number of hydrogen-bond donors (Lipinski definition) is 0. The van der Waals surface area contributed by atoms with Crippen LogP contribution in [0.4, 0.5) is 19.0 Å². The molecule has 0 saturated carbocycles. The molecule has 0 N–H and O–H groups in total. The molecule has 10 nitrogen and oxygen atoms in total. The number of carbonyl (C=O) groups excluding carboxylic acids is 1. The Kier molecular flexibility index (Phi) is 13.1. The number of aliphatic imine (C=N–C) groups is 1. The Hall–Kier alpha value is -4.39. The first-order valence-electron chi connectivity index (χ1n) is 18.0. The predicted octanol–water partition coefficient (Wildman–Crippen LogP) is 6.55. The number of aromatic nitrogens is 3. The van der Waals surface area contributed by atoms with Gasteiger partial charge in [0.15, 0.2) is 12.1 Å². The van der Waals surface area contributed by atoms with Gasteiger partial charge in [-0.3, -0.25) is 4.79 Å². The van der Waals surface area contributed by atoms with E-state index in [1.165, 1.54) is 6.33 Å². The molecule has 0 radical (unpaired) electrons. The lowest BCUT2D eigenvalue weighted by Gasteiger charge is -2.43. The molecule has 0 spiro atoms. The molecule has 54 heavy (non-hydrogen) atoms. The van der Waals surface area contributed by atoms with Gasteiger partial charge in [0.25, 0.3) is 8.32 Å². The van der Waals surface area contributed by atoms with Crippen LogP contribution < -0.4 is 10.4 Å². The van der Waals surface area contributed by atoms with Crippen LogP contribution in [-0.2, 0) is 23.4 Å². The molecule has 1 saturated heterocycles. The minimum absolute atomic E-state index is 0.222. The van der Waals surface area contributed by atoms with E-state index in [0.29, 0.717) is 35.4 Å². The molecule has 4 atom stereocenters. The summed E-state index contributed by atoms with van der Waals surface area (Å²) >= 11 is 0. The highest BCUT2D eigenvalue weighted by Crippen LogP contribution is 2.40. The Balaban J connectivity index is 1.54. The largest absolute Gasteiger partial charge is 0.450 e. The summed E-state index contributed by atoms with van der Waals surface area (Å²) in [5, 5.41) is 2.51. The number of halogens is 3. The Morgan fingerprint density at radius 1 is 1.09 bits per heavy atom. The number of hydrogen-bond acceptors (Lipinski definition) is 8. The van der Waals surface area contributed by atoms with Gasteiger partial charge < -0.3 is 28.1 Å². The van der Waals surface area contributed by atoms with Gasteiger partial charge in [0.1, 0.15) is 24.3 Å². The Morgan fingerprint density at radius 3 is 2.31 bits per heavy atom. The van der Waals surface area contributed by atoms with E-state index in [4.69, 9.17) is 18.6 Å². The highest BCUT2D eigenvalue weighted by Gasteiger charge is 2.51. The average molecular weight is 764 g/mol. The maximum absolute atomic E-state index is 12.8. The Labute approximate surface area is 315 Å². The standard InChI is InChI=1S/C40H48F3N5O5Si/c1-8-50-28(2)52-32-23-35(53-33(32)25-51-54(39(3,4)5,30-18-11-9-12-19-30)31-20-13-10-14-21-31)48-24-29(17-15-16-22-34(49)40(41,42)43)36-37(46-27-47(6)7)44-26-45-38(36)48/h9-14,18-21,24,26-28,32-33,35H,8,16,22-23,25H2,1-7H3/t28?,32?,33-,35-/m1/s1. The molecule has 14 heteroatoms. The van der Waals surface area contributed by atoms with Crippen molar-refractivity contribution in [3.63, 3.8) is 0 Å². The number of benzene rings is 2. The first-order chi connectivity index (χ1) is 25.7. The molecule has 2 unspecified atom stereocenters. The van der Waals surface area contributed by atoms with Crippen molar-refractivity contribution in [2.75, 3.05) is 27.3 Å². The molecule has 5 rings (SSSR count). The first-order valence-corrected chi connectivity index (χ1v) is 19.9. The number of rotatable bonds is 14. The van der Waals surface area contributed by atoms with Gasteiger partial charge >= 0.3 is 6.18 Å². The molecule has 4 aromatic rings. The van der Waals surface area contributed by atoms with Crippen molar-refractivity contribution >= 4 is 47.7 Å². The normalized spacial score (nSPS) is 18.5. The number of carbonyl (C=O) groups is 1. The molecular weight excluding hydrogens is 716 g/mol. The molecule has 3 heterocycles. The predicted molar refractivity (Wildman–Crippen MR) is 205 cm³/mol. The van der Waals surface area contributed by atoms with E-state index in [1.54, 1.807) is 17.4 Å². The van der Waals surface area contributed by atoms with Crippen molar-refractivity contribution < 1.29 is 36.6 Å². The van der Waals surface area contributed by atoms with E-state index >= 15 is 0 Å². The van der Waals surface area contributed by atoms with E-state index in [0.717, 1.165) is 10.4 Å². The molecule has 2 aromatic carbocycles. The van der Waals surface area contributed by atoms with Crippen LogP contribution in [0.15, 0.2) is 78.2 Å². The van der Waals surface area contributed by atoms with Crippen LogP contribution in [0.2, 0.25) is 5.04 Å². The van der Waals surface area contributed by atoms with E-state index in [1.807, 2.05) is 68.9 Å². The first kappa shape index (κ1) is 40.8. The fourth-order valence-electron chi connectivity index (χ4n) is 6.78. The number of ketones is 1. The van der Waals surface area contributed by atoms with E-state index in [-0.39, 0.29) is 18.1 Å². The lowest BCUT2D eigenvalue weighted by atomic mass is 10.2. The SMILES string of the molecule is CCOC(C)OC1C[C@H](n2cc(C#CCCC(=O)C(F)(F)F)c3c(N=CN(C)C)ncnc32)O[C@@H]1CO[Si](c1ccccc1)(c1ccccc1)C(C)(C)C. The number of ether oxygens (including phenoxy) is 3. The maximum Gasteiger partial charge on any atom is 0.450 e. The van der Waals surface area contributed by atoms with Gasteiger partial charge in [-0.15, -0.1) is 0 Å². The highest BCUT2D eigenvalue weighted by molar-refractivity contribution is 6.99. The van der Waals surface area contributed by atoms with Crippen molar-refractivity contribution in [1.29, 1.82) is 0 Å². The zero-order valence-electron chi connectivity index (χ0n) is 31.8. The summed E-state index contributed by atoms with van der Waals surface area (Å²) in [4.78, 5) is 26.7. The minimum Gasteiger partial charge on any atom is -0.405 e. The number of alkyl halides is 3. The van der Waals surface area contributed by atoms with Crippen LogP contribution in [0.25, 0.3) is 11.0 Å². The Morgan fingerprint density at radius 2 is 1.74 bits per heavy atom. The number of Topliss-reactive ketones (excluding diaryl/α,β-unsaturated/α-hetero) is 1. The molecule has 0 aliphatic carbocycles. The van der Waals surface area contributed by atoms with E-state index in [9.17, 15) is 18.0 Å². The van der Waals surface area contributed by atoms with Crippen molar-refractivity contribution in [3.05, 3.63) is 78.8 Å². The van der Waals surface area contributed by atoms with E-state index < -0.39 is 51.4 Å². The molecule has 0 amide bonds. The fraction of sp³-hybridized carbons (Fsp3) is 0.450. The smallest absolute Gasteiger partial charge is 0.405 e. The van der Waals surface area contributed by atoms with Gasteiger partial charge in [0.2, 0.25) is 5.78 Å². The molecule has 1 aliphatic heterocycles. The summed E-state index contributed by atoms with van der Waals surface area (Å²) in [6, 6.07) is 20.7. The van der Waals surface area contributed by atoms with Crippen molar-refractivity contribution in [3.8, 4) is 11.8 Å². The maximum atomic E-state index is 12.8.